The molecule has 0 saturated carbocycles. The van der Waals surface area contributed by atoms with Crippen molar-refractivity contribution >= 4 is 31.6 Å². The minimum absolute atomic E-state index is 0.222. The van der Waals surface area contributed by atoms with Gasteiger partial charge in [-0.15, -0.1) is 4.40 Å². The number of nitrogens with zero attached hydrogens (tertiary/aromatic N) is 2. The molecule has 2 aromatic carbocycles. The number of hydrogen-bond donors (Lipinski definition) is 0. The molecule has 0 unspecified atom stereocenters. The van der Waals surface area contributed by atoms with Crippen LogP contribution in [0.3, 0.4) is 0 Å². The van der Waals surface area contributed by atoms with E-state index in [0.29, 0.717) is 11.3 Å². The highest BCUT2D eigenvalue weighted by atomic mass is 32.2. The van der Waals surface area contributed by atoms with Crippen LogP contribution in [0.4, 0.5) is 0 Å². The van der Waals surface area contributed by atoms with Gasteiger partial charge in [-0.3, -0.25) is 0 Å². The number of fused-ring (bicyclic) bond motifs is 1. The molecule has 6 heteroatoms. The van der Waals surface area contributed by atoms with Gasteiger partial charge in [-0.2, -0.15) is 8.42 Å². The van der Waals surface area contributed by atoms with Gasteiger partial charge in [0.25, 0.3) is 10.0 Å². The molecule has 0 aliphatic carbocycles. The van der Waals surface area contributed by atoms with Crippen LogP contribution in [-0.4, -0.2) is 13.0 Å². The van der Waals surface area contributed by atoms with Crippen LogP contribution in [0.25, 0.3) is 10.2 Å². The highest BCUT2D eigenvalue weighted by molar-refractivity contribution is 7.90. The molecule has 0 radical (unpaired) electrons. The second-order valence-electron chi connectivity index (χ2n) is 5.48. The first-order chi connectivity index (χ1) is 10.9. The summed E-state index contributed by atoms with van der Waals surface area (Å²) < 4.78 is 32.2. The molecular formula is C17H18N2O2S2. The maximum atomic E-state index is 12.6. The molecule has 0 fully saturated rings. The summed E-state index contributed by atoms with van der Waals surface area (Å²) in [5, 5.41) is 0. The first-order valence-corrected chi connectivity index (χ1v) is 9.64. The van der Waals surface area contributed by atoms with E-state index in [2.05, 4.69) is 10.5 Å². The van der Waals surface area contributed by atoms with Crippen LogP contribution >= 0.6 is 11.3 Å². The van der Waals surface area contributed by atoms with E-state index in [-0.39, 0.29) is 4.90 Å². The SMILES string of the molecule is CCn1/c(=N/S(=O)(=O)c2ccc(C)cc2)sc2cc(C)ccc21. The minimum atomic E-state index is -3.71. The molecule has 1 aromatic heterocycles. The molecule has 0 saturated heterocycles. The van der Waals surface area contributed by atoms with Crippen molar-refractivity contribution in [3.8, 4) is 0 Å². The van der Waals surface area contributed by atoms with Gasteiger partial charge in [0.2, 0.25) is 4.80 Å². The third-order valence-electron chi connectivity index (χ3n) is 3.67. The van der Waals surface area contributed by atoms with E-state index in [0.717, 1.165) is 21.3 Å². The lowest BCUT2D eigenvalue weighted by Crippen LogP contribution is -2.16. The molecule has 0 amide bonds. The molecule has 0 aliphatic heterocycles. The van der Waals surface area contributed by atoms with Crippen LogP contribution in [0.5, 0.6) is 0 Å². The zero-order valence-electron chi connectivity index (χ0n) is 13.3. The van der Waals surface area contributed by atoms with E-state index in [9.17, 15) is 8.42 Å². The summed E-state index contributed by atoms with van der Waals surface area (Å²) >= 11 is 1.40. The molecule has 3 aromatic rings. The van der Waals surface area contributed by atoms with Gasteiger partial charge in [0.05, 0.1) is 15.1 Å². The second-order valence-corrected chi connectivity index (χ2v) is 8.09. The average molecular weight is 346 g/mol. The van der Waals surface area contributed by atoms with Gasteiger partial charge in [0.1, 0.15) is 0 Å². The zero-order valence-corrected chi connectivity index (χ0v) is 14.9. The smallest absolute Gasteiger partial charge is 0.285 e. The van der Waals surface area contributed by atoms with E-state index in [4.69, 9.17) is 0 Å². The van der Waals surface area contributed by atoms with Crippen molar-refractivity contribution in [2.24, 2.45) is 4.40 Å². The minimum Gasteiger partial charge on any atom is -0.316 e. The molecule has 4 nitrogen and oxygen atoms in total. The standard InChI is InChI=1S/C17H18N2O2S2/c1-4-19-15-10-7-13(3)11-16(15)22-17(19)18-23(20,21)14-8-5-12(2)6-9-14/h5-11H,4H2,1-3H3/b18-17-. The van der Waals surface area contributed by atoms with Crippen LogP contribution in [0, 0.1) is 13.8 Å². The van der Waals surface area contributed by atoms with Gasteiger partial charge in [-0.1, -0.05) is 35.1 Å². The van der Waals surface area contributed by atoms with Crippen LogP contribution < -0.4 is 4.80 Å². The number of sulfonamides is 1. The highest BCUT2D eigenvalue weighted by Gasteiger charge is 2.14. The second kappa shape index (κ2) is 5.94. The monoisotopic (exact) mass is 346 g/mol. The topological polar surface area (TPSA) is 51.4 Å². The summed E-state index contributed by atoms with van der Waals surface area (Å²) in [7, 11) is -3.71. The third-order valence-corrected chi connectivity index (χ3v) is 6.11. The maximum Gasteiger partial charge on any atom is 0.285 e. The summed E-state index contributed by atoms with van der Waals surface area (Å²) in [6.45, 7) is 6.61. The number of thiazole rings is 1. The first kappa shape index (κ1) is 16.0. The Hall–Kier alpha value is -1.92. The summed E-state index contributed by atoms with van der Waals surface area (Å²) in [6.07, 6.45) is 0. The predicted octanol–water partition coefficient (Wildman–Crippen LogP) is 3.63. The molecule has 1 heterocycles. The lowest BCUT2D eigenvalue weighted by molar-refractivity contribution is 0.595. The van der Waals surface area contributed by atoms with Crippen LogP contribution in [-0.2, 0) is 16.6 Å². The fourth-order valence-corrected chi connectivity index (χ4v) is 4.82. The van der Waals surface area contributed by atoms with Crippen molar-refractivity contribution in [3.05, 3.63) is 58.4 Å². The number of aryl methyl sites for hydroxylation is 3. The van der Waals surface area contributed by atoms with Crippen LogP contribution in [0.1, 0.15) is 18.1 Å². The Labute approximate surface area is 139 Å². The molecule has 0 aliphatic rings. The summed E-state index contributed by atoms with van der Waals surface area (Å²) in [5.41, 5.74) is 3.18. The van der Waals surface area contributed by atoms with Gasteiger partial charge in [-0.05, 0) is 50.6 Å². The van der Waals surface area contributed by atoms with Crippen molar-refractivity contribution in [1.82, 2.24) is 4.57 Å². The Balaban J connectivity index is 2.22. The molecule has 23 heavy (non-hydrogen) atoms. The fourth-order valence-electron chi connectivity index (χ4n) is 2.42. The fraction of sp³-hybridized carbons (Fsp3) is 0.235. The Kier molecular flexibility index (Phi) is 4.12. The van der Waals surface area contributed by atoms with Gasteiger partial charge < -0.3 is 4.57 Å². The van der Waals surface area contributed by atoms with Crippen LogP contribution in [0.15, 0.2) is 51.8 Å². The molecule has 0 atom stereocenters. The van der Waals surface area contributed by atoms with Gasteiger partial charge in [0, 0.05) is 6.54 Å². The first-order valence-electron chi connectivity index (χ1n) is 7.38. The van der Waals surface area contributed by atoms with Crippen molar-refractivity contribution in [1.29, 1.82) is 0 Å². The highest BCUT2D eigenvalue weighted by Crippen LogP contribution is 2.20. The van der Waals surface area contributed by atoms with Gasteiger partial charge >= 0.3 is 0 Å². The van der Waals surface area contributed by atoms with Crippen molar-refractivity contribution in [3.63, 3.8) is 0 Å². The summed E-state index contributed by atoms with van der Waals surface area (Å²) in [5.74, 6) is 0. The Bertz CT molecular complexity index is 1030. The zero-order chi connectivity index (χ0) is 16.6. The third kappa shape index (κ3) is 3.09. The Morgan fingerprint density at radius 2 is 1.70 bits per heavy atom. The molecule has 0 spiro atoms. The largest absolute Gasteiger partial charge is 0.316 e. The lowest BCUT2D eigenvalue weighted by atomic mass is 10.2. The number of aromatic nitrogens is 1. The molecule has 120 valence electrons. The quantitative estimate of drug-likeness (QED) is 0.727. The molecule has 0 N–H and O–H groups in total. The predicted molar refractivity (Wildman–Crippen MR) is 94.2 cm³/mol. The van der Waals surface area contributed by atoms with Gasteiger partial charge in [-0.25, -0.2) is 0 Å². The van der Waals surface area contributed by atoms with E-state index in [1.807, 2.05) is 37.5 Å². The van der Waals surface area contributed by atoms with E-state index < -0.39 is 10.0 Å². The van der Waals surface area contributed by atoms with E-state index in [1.54, 1.807) is 24.3 Å². The van der Waals surface area contributed by atoms with E-state index >= 15 is 0 Å². The number of benzene rings is 2. The molecule has 0 bridgehead atoms. The van der Waals surface area contributed by atoms with Gasteiger partial charge in [0.15, 0.2) is 0 Å². The Morgan fingerprint density at radius 3 is 2.35 bits per heavy atom. The maximum absolute atomic E-state index is 12.6. The van der Waals surface area contributed by atoms with Crippen molar-refractivity contribution < 1.29 is 8.42 Å². The summed E-state index contributed by atoms with van der Waals surface area (Å²) in [6, 6.07) is 12.9. The average Bonchev–Trinajstić information content (AvgIpc) is 2.82. The van der Waals surface area contributed by atoms with Crippen molar-refractivity contribution in [2.45, 2.75) is 32.2 Å². The summed E-state index contributed by atoms with van der Waals surface area (Å²) in [4.78, 5) is 0.730. The molecule has 3 rings (SSSR count). The molecular weight excluding hydrogens is 328 g/mol. The number of hydrogen-bond acceptors (Lipinski definition) is 3. The Morgan fingerprint density at radius 1 is 1.04 bits per heavy atom. The lowest BCUT2D eigenvalue weighted by Gasteiger charge is -2.02. The van der Waals surface area contributed by atoms with Crippen LogP contribution in [0.2, 0.25) is 0 Å². The number of rotatable bonds is 3. The normalized spacial score (nSPS) is 12.9. The van der Waals surface area contributed by atoms with E-state index in [1.165, 1.54) is 11.3 Å². The van der Waals surface area contributed by atoms with Crippen molar-refractivity contribution in [2.75, 3.05) is 0 Å².